The molecule has 0 spiro atoms. The van der Waals surface area contributed by atoms with Gasteiger partial charge in [0.05, 0.1) is 12.2 Å². The van der Waals surface area contributed by atoms with E-state index in [2.05, 4.69) is 34.5 Å². The molecule has 2 aliphatic carbocycles. The van der Waals surface area contributed by atoms with Gasteiger partial charge >= 0.3 is 7.60 Å². The number of nitrogens with zero attached hydrogens (tertiary/aromatic N) is 1. The van der Waals surface area contributed by atoms with Gasteiger partial charge in [0.1, 0.15) is 0 Å². The predicted molar refractivity (Wildman–Crippen MR) is 137 cm³/mol. The van der Waals surface area contributed by atoms with E-state index in [1.807, 2.05) is 44.4 Å². The third-order valence-corrected chi connectivity index (χ3v) is 9.06. The molecule has 0 aromatic heterocycles. The van der Waals surface area contributed by atoms with Gasteiger partial charge in [-0.25, -0.2) is 0 Å². The Balaban J connectivity index is 1.68. The van der Waals surface area contributed by atoms with E-state index >= 15 is 0 Å². The van der Waals surface area contributed by atoms with E-state index in [9.17, 15) is 4.57 Å². The van der Waals surface area contributed by atoms with Crippen LogP contribution in [-0.2, 0) is 13.6 Å². The molecule has 2 aliphatic rings. The highest BCUT2D eigenvalue weighted by atomic mass is 31.2. The van der Waals surface area contributed by atoms with Crippen LogP contribution < -0.4 is 10.2 Å². The third kappa shape index (κ3) is 6.62. The summed E-state index contributed by atoms with van der Waals surface area (Å²) in [5.41, 5.74) is 2.95. The van der Waals surface area contributed by atoms with Crippen molar-refractivity contribution < 1.29 is 13.6 Å². The average molecular weight is 471 g/mol. The normalized spacial score (nSPS) is 19.2. The van der Waals surface area contributed by atoms with Crippen molar-refractivity contribution in [2.45, 2.75) is 82.2 Å². The van der Waals surface area contributed by atoms with Crippen molar-refractivity contribution in [1.82, 2.24) is 0 Å². The van der Waals surface area contributed by atoms with E-state index in [4.69, 9.17) is 9.05 Å². The highest BCUT2D eigenvalue weighted by Crippen LogP contribution is 2.64. The molecule has 2 saturated carbocycles. The molecule has 0 amide bonds. The molecule has 2 fully saturated rings. The fourth-order valence-electron chi connectivity index (χ4n) is 4.90. The Kier molecular flexibility index (Phi) is 8.51. The van der Waals surface area contributed by atoms with Crippen molar-refractivity contribution in [3.63, 3.8) is 0 Å². The highest BCUT2D eigenvalue weighted by molar-refractivity contribution is 7.54. The summed E-state index contributed by atoms with van der Waals surface area (Å²) < 4.78 is 27.8. The molecule has 33 heavy (non-hydrogen) atoms. The van der Waals surface area contributed by atoms with Crippen LogP contribution in [0.4, 0.5) is 11.4 Å². The van der Waals surface area contributed by atoms with Gasteiger partial charge in [-0.1, -0.05) is 68.9 Å². The molecule has 180 valence electrons. The number of para-hydroxylation sites is 1. The van der Waals surface area contributed by atoms with Crippen LogP contribution in [0.3, 0.4) is 0 Å². The quantitative estimate of drug-likeness (QED) is 0.380. The first-order chi connectivity index (χ1) is 16.0. The zero-order chi connectivity index (χ0) is 23.1. The van der Waals surface area contributed by atoms with Gasteiger partial charge in [-0.05, 0) is 55.5 Å². The number of hydrogen-bond donors (Lipinski definition) is 1. The molecule has 5 nitrogen and oxygen atoms in total. The first-order valence-corrected chi connectivity index (χ1v) is 14.2. The van der Waals surface area contributed by atoms with Gasteiger partial charge < -0.3 is 19.3 Å². The molecular weight excluding hydrogens is 431 g/mol. The summed E-state index contributed by atoms with van der Waals surface area (Å²) in [4.78, 5) is 2.07. The molecule has 1 N–H and O–H groups in total. The third-order valence-electron chi connectivity index (χ3n) is 6.82. The molecule has 2 aromatic carbocycles. The molecule has 0 aliphatic heterocycles. The standard InChI is InChI=1S/C27H39N2O3P/c1-29(2)24-20-18-22(19-21-24)27(28-23-12-6-3-7-13-23)33(30,31-25-14-8-4-9-15-25)32-26-16-10-5-11-17-26/h3,6-7,12-13,18-21,25-28H,4-5,8-11,14-17H2,1-2H3. The number of rotatable bonds is 9. The van der Waals surface area contributed by atoms with E-state index < -0.39 is 13.4 Å². The smallest absolute Gasteiger partial charge is 0.357 e. The Morgan fingerprint density at radius 2 is 1.30 bits per heavy atom. The fraction of sp³-hybridized carbons (Fsp3) is 0.556. The monoisotopic (exact) mass is 470 g/mol. The van der Waals surface area contributed by atoms with Crippen molar-refractivity contribution >= 4 is 19.0 Å². The van der Waals surface area contributed by atoms with Crippen molar-refractivity contribution in [1.29, 1.82) is 0 Å². The Morgan fingerprint density at radius 1 is 0.788 bits per heavy atom. The maximum absolute atomic E-state index is 14.8. The Morgan fingerprint density at radius 3 is 1.79 bits per heavy atom. The molecule has 0 saturated heterocycles. The van der Waals surface area contributed by atoms with Gasteiger partial charge in [-0.15, -0.1) is 0 Å². The van der Waals surface area contributed by atoms with Gasteiger partial charge in [-0.3, -0.25) is 4.57 Å². The Bertz CT molecular complexity index is 867. The van der Waals surface area contributed by atoms with Crippen molar-refractivity contribution in [2.24, 2.45) is 0 Å². The number of benzene rings is 2. The SMILES string of the molecule is CN(C)c1ccc(C(Nc2ccccc2)P(=O)(OC2CCCCC2)OC2CCCCC2)cc1. The van der Waals surface area contributed by atoms with Crippen LogP contribution in [0.15, 0.2) is 54.6 Å². The lowest BCUT2D eigenvalue weighted by Crippen LogP contribution is -2.25. The lowest BCUT2D eigenvalue weighted by Gasteiger charge is -2.36. The van der Waals surface area contributed by atoms with Crippen molar-refractivity contribution in [3.05, 3.63) is 60.2 Å². The summed E-state index contributed by atoms with van der Waals surface area (Å²) in [7, 11) is 0.534. The Labute approximate surface area is 199 Å². The number of nitrogens with one attached hydrogen (secondary N) is 1. The molecule has 1 unspecified atom stereocenters. The molecule has 0 radical (unpaired) electrons. The number of hydrogen-bond acceptors (Lipinski definition) is 5. The Hall–Kier alpha value is -1.81. The minimum Gasteiger partial charge on any atom is -0.378 e. The molecular formula is C27H39N2O3P. The average Bonchev–Trinajstić information content (AvgIpc) is 2.84. The first kappa shape index (κ1) is 24.3. The van der Waals surface area contributed by atoms with Crippen LogP contribution in [0.1, 0.15) is 75.6 Å². The molecule has 4 rings (SSSR count). The van der Waals surface area contributed by atoms with Crippen LogP contribution in [0.5, 0.6) is 0 Å². The van der Waals surface area contributed by atoms with E-state index in [0.29, 0.717) is 0 Å². The van der Waals surface area contributed by atoms with Crippen molar-refractivity contribution in [3.8, 4) is 0 Å². The van der Waals surface area contributed by atoms with Gasteiger partial charge in [-0.2, -0.15) is 0 Å². The van der Waals surface area contributed by atoms with E-state index in [1.165, 1.54) is 12.8 Å². The van der Waals surface area contributed by atoms with E-state index in [-0.39, 0.29) is 12.2 Å². The first-order valence-electron chi connectivity index (χ1n) is 12.6. The van der Waals surface area contributed by atoms with Crippen LogP contribution in [-0.4, -0.2) is 26.3 Å². The maximum Gasteiger partial charge on any atom is 0.357 e. The second-order valence-corrected chi connectivity index (χ2v) is 11.7. The summed E-state index contributed by atoms with van der Waals surface area (Å²) in [6.07, 6.45) is 10.8. The lowest BCUT2D eigenvalue weighted by molar-refractivity contribution is 0.0758. The summed E-state index contributed by atoms with van der Waals surface area (Å²) in [5, 5.41) is 3.54. The fourth-order valence-corrected chi connectivity index (χ4v) is 7.29. The second kappa shape index (κ2) is 11.6. The van der Waals surface area contributed by atoms with Crippen LogP contribution in [0, 0.1) is 0 Å². The van der Waals surface area contributed by atoms with Crippen LogP contribution >= 0.6 is 7.60 Å². The maximum atomic E-state index is 14.8. The minimum absolute atomic E-state index is 0.00528. The molecule has 1 atom stereocenters. The predicted octanol–water partition coefficient (Wildman–Crippen LogP) is 7.76. The molecule has 0 heterocycles. The summed E-state index contributed by atoms with van der Waals surface area (Å²) in [5.74, 6) is -0.556. The zero-order valence-corrected chi connectivity index (χ0v) is 21.0. The zero-order valence-electron chi connectivity index (χ0n) is 20.1. The van der Waals surface area contributed by atoms with Gasteiger partial charge in [0, 0.05) is 25.5 Å². The van der Waals surface area contributed by atoms with Gasteiger partial charge in [0.25, 0.3) is 0 Å². The van der Waals surface area contributed by atoms with E-state index in [1.54, 1.807) is 0 Å². The molecule has 2 aromatic rings. The van der Waals surface area contributed by atoms with Gasteiger partial charge in [0.15, 0.2) is 5.78 Å². The van der Waals surface area contributed by atoms with E-state index in [0.717, 1.165) is 68.3 Å². The summed E-state index contributed by atoms with van der Waals surface area (Å²) >= 11 is 0. The molecule has 0 bridgehead atoms. The number of anilines is 2. The lowest BCUT2D eigenvalue weighted by atomic mass is 9.98. The molecule has 6 heteroatoms. The van der Waals surface area contributed by atoms with Gasteiger partial charge in [0.2, 0.25) is 0 Å². The largest absolute Gasteiger partial charge is 0.378 e. The highest BCUT2D eigenvalue weighted by Gasteiger charge is 2.42. The summed E-state index contributed by atoms with van der Waals surface area (Å²) in [6.45, 7) is 0. The van der Waals surface area contributed by atoms with Crippen LogP contribution in [0.2, 0.25) is 0 Å². The minimum atomic E-state index is -3.52. The second-order valence-electron chi connectivity index (χ2n) is 9.67. The van der Waals surface area contributed by atoms with Crippen molar-refractivity contribution in [2.75, 3.05) is 24.3 Å². The summed E-state index contributed by atoms with van der Waals surface area (Å²) in [6, 6.07) is 18.2. The topological polar surface area (TPSA) is 50.8 Å². The van der Waals surface area contributed by atoms with Crippen LogP contribution in [0.25, 0.3) is 0 Å².